The molecule has 3 aromatic heterocycles. The van der Waals surface area contributed by atoms with Crippen molar-refractivity contribution >= 4 is 0 Å². The molecule has 0 aliphatic heterocycles. The molecule has 0 fully saturated rings. The van der Waals surface area contributed by atoms with Crippen molar-refractivity contribution in [2.24, 2.45) is 0 Å². The number of hydrogen-bond acceptors (Lipinski definition) is 11. The number of nitrogens with one attached hydrogen (secondary N) is 1. The van der Waals surface area contributed by atoms with E-state index in [1.807, 2.05) is 16.1 Å². The van der Waals surface area contributed by atoms with Crippen molar-refractivity contribution in [2.45, 2.75) is 159 Å². The maximum Gasteiger partial charge on any atom is 0.174 e. The first-order valence-corrected chi connectivity index (χ1v) is 29.3. The first kappa shape index (κ1) is 65.3. The number of ether oxygens (including phenoxy) is 6. The Morgan fingerprint density at radius 3 is 1.24 bits per heavy atom. The average molecular weight is 1100 g/mol. The van der Waals surface area contributed by atoms with Crippen LogP contribution in [0.25, 0.3) is 0 Å². The van der Waals surface area contributed by atoms with Crippen molar-refractivity contribution in [2.75, 3.05) is 86.3 Å². The summed E-state index contributed by atoms with van der Waals surface area (Å²) in [5, 5.41) is 45.9. The maximum atomic E-state index is 11.0. The molecule has 436 valence electrons. The Kier molecular flexibility index (Phi) is 31.6. The van der Waals surface area contributed by atoms with Gasteiger partial charge in [0.1, 0.15) is 18.3 Å². The zero-order valence-electron chi connectivity index (χ0n) is 48.6. The normalized spacial score (nSPS) is 15.7. The van der Waals surface area contributed by atoms with Crippen LogP contribution >= 0.6 is 0 Å². The molecule has 10 unspecified atom stereocenters. The summed E-state index contributed by atoms with van der Waals surface area (Å²) in [4.78, 5) is 0. The Hall–Kier alpha value is -4.55. The van der Waals surface area contributed by atoms with E-state index in [0.717, 1.165) is 25.7 Å². The highest BCUT2D eigenvalue weighted by Crippen LogP contribution is 2.38. The Morgan fingerprint density at radius 2 is 0.785 bits per heavy atom. The summed E-state index contributed by atoms with van der Waals surface area (Å²) in [6.45, 7) is 17.9. The van der Waals surface area contributed by atoms with Crippen molar-refractivity contribution in [3.05, 3.63) is 162 Å². The Balaban J connectivity index is 0.970. The van der Waals surface area contributed by atoms with E-state index in [1.54, 1.807) is 7.11 Å². The third-order valence-electron chi connectivity index (χ3n) is 15.0. The molecule has 0 saturated heterocycles. The van der Waals surface area contributed by atoms with Gasteiger partial charge in [-0.1, -0.05) is 88.4 Å². The summed E-state index contributed by atoms with van der Waals surface area (Å²) in [6, 6.07) is 34.8. The second-order valence-electron chi connectivity index (χ2n) is 21.8. The van der Waals surface area contributed by atoms with Crippen LogP contribution in [0.1, 0.15) is 137 Å². The molecule has 0 radical (unpaired) electrons. The molecule has 5 N–H and O–H groups in total. The molecule has 3 heterocycles. The number of hydrogen-bond donors (Lipinski definition) is 5. The lowest BCUT2D eigenvalue weighted by atomic mass is 9.78. The van der Waals surface area contributed by atoms with Gasteiger partial charge in [0.2, 0.25) is 0 Å². The molecule has 0 spiro atoms. The van der Waals surface area contributed by atoms with Crippen molar-refractivity contribution < 1.29 is 62.5 Å². The summed E-state index contributed by atoms with van der Waals surface area (Å²) in [5.41, 5.74) is 6.61. The Bertz CT molecular complexity index is 2280. The lowest BCUT2D eigenvalue weighted by molar-refractivity contribution is -0.703. The van der Waals surface area contributed by atoms with E-state index in [9.17, 15) is 20.4 Å². The van der Waals surface area contributed by atoms with E-state index in [-0.39, 0.29) is 12.6 Å². The van der Waals surface area contributed by atoms with Gasteiger partial charge in [-0.2, -0.15) is 0 Å². The predicted molar refractivity (Wildman–Crippen MR) is 309 cm³/mol. The van der Waals surface area contributed by atoms with Crippen LogP contribution in [0, 0.1) is 0 Å². The Labute approximate surface area is 473 Å². The van der Waals surface area contributed by atoms with Gasteiger partial charge in [0.05, 0.1) is 59.0 Å². The molecule has 10 atom stereocenters. The number of rotatable bonds is 43. The van der Waals surface area contributed by atoms with Crippen LogP contribution < -0.4 is 19.0 Å². The molecule has 5 rings (SSSR count). The van der Waals surface area contributed by atoms with Crippen LogP contribution in [0.2, 0.25) is 0 Å². The molecule has 0 saturated carbocycles. The zero-order chi connectivity index (χ0) is 56.5. The molecule has 79 heavy (non-hydrogen) atoms. The van der Waals surface area contributed by atoms with Crippen LogP contribution in [0.4, 0.5) is 0 Å². The first-order valence-electron chi connectivity index (χ1n) is 29.3. The largest absolute Gasteiger partial charge is 0.389 e. The van der Waals surface area contributed by atoms with Gasteiger partial charge in [-0.15, -0.1) is 0 Å². The molecule has 0 aliphatic rings. The fourth-order valence-corrected chi connectivity index (χ4v) is 10.1. The highest BCUT2D eigenvalue weighted by Gasteiger charge is 2.24. The number of aromatic nitrogens is 3. The molecule has 14 nitrogen and oxygen atoms in total. The summed E-state index contributed by atoms with van der Waals surface area (Å²) in [7, 11) is 1.64. The minimum atomic E-state index is -0.625. The minimum Gasteiger partial charge on any atom is -0.389 e. The van der Waals surface area contributed by atoms with Gasteiger partial charge in [-0.25, -0.2) is 13.7 Å². The first-order chi connectivity index (χ1) is 38.4. The van der Waals surface area contributed by atoms with Crippen molar-refractivity contribution in [1.29, 1.82) is 0 Å². The van der Waals surface area contributed by atoms with E-state index >= 15 is 0 Å². The molecule has 0 aliphatic carbocycles. The minimum absolute atomic E-state index is 0.111. The topological polar surface area (TPSA) is 160 Å². The second-order valence-corrected chi connectivity index (χ2v) is 21.8. The number of nitrogens with zero attached hydrogens (tertiary/aromatic N) is 3. The monoisotopic (exact) mass is 1100 g/mol. The number of pyridine rings is 3. The fraction of sp³-hybridized carbons (Fsp3) is 0.585. The summed E-state index contributed by atoms with van der Waals surface area (Å²) >= 11 is 0. The fourth-order valence-electron chi connectivity index (χ4n) is 10.1. The molecular formula is C65H99N4O10+3. The van der Waals surface area contributed by atoms with E-state index in [2.05, 4.69) is 172 Å². The lowest BCUT2D eigenvalue weighted by Crippen LogP contribution is -2.39. The summed E-state index contributed by atoms with van der Waals surface area (Å²) in [6.07, 6.45) is 15.9. The third-order valence-corrected chi connectivity index (χ3v) is 15.0. The smallest absolute Gasteiger partial charge is 0.174 e. The number of benzene rings is 2. The summed E-state index contributed by atoms with van der Waals surface area (Å²) in [5.74, 6) is 1.97. The van der Waals surface area contributed by atoms with Crippen LogP contribution in [0.3, 0.4) is 0 Å². The van der Waals surface area contributed by atoms with Crippen LogP contribution in [0.15, 0.2) is 134 Å². The van der Waals surface area contributed by atoms with Crippen LogP contribution in [-0.4, -0.2) is 137 Å². The predicted octanol–water partition coefficient (Wildman–Crippen LogP) is 7.73. The molecule has 0 amide bonds. The van der Waals surface area contributed by atoms with Gasteiger partial charge in [0.15, 0.2) is 56.8 Å². The molecule has 5 aromatic rings. The van der Waals surface area contributed by atoms with Crippen molar-refractivity contribution in [3.63, 3.8) is 0 Å². The summed E-state index contributed by atoms with van der Waals surface area (Å²) < 4.78 is 39.5. The van der Waals surface area contributed by atoms with Gasteiger partial charge in [0, 0.05) is 95.2 Å². The third kappa shape index (κ3) is 26.3. The van der Waals surface area contributed by atoms with Gasteiger partial charge in [-0.05, 0) is 90.0 Å². The highest BCUT2D eigenvalue weighted by molar-refractivity contribution is 5.24. The molecular weight excluding hydrogens is 997 g/mol. The van der Waals surface area contributed by atoms with Gasteiger partial charge >= 0.3 is 0 Å². The Morgan fingerprint density at radius 1 is 0.405 bits per heavy atom. The molecule has 2 aromatic carbocycles. The number of aliphatic hydroxyl groups is 4. The maximum absolute atomic E-state index is 11.0. The SMILES string of the molecule is CCC(CC(CC(C)c1cc[n+](CC(O)CCOCCOCC(O)CNC(C)COCCOC)cc1)c1cc[n+](CC(O)CCOCCOCCC(O)C[n+]2ccc(C(C)CC(C)c3ccccc3)cc2)cc1)c1ccccc1. The quantitative estimate of drug-likeness (QED) is 0.0192. The zero-order valence-corrected chi connectivity index (χ0v) is 48.6. The molecule has 0 bridgehead atoms. The van der Waals surface area contributed by atoms with E-state index in [4.69, 9.17) is 28.4 Å². The van der Waals surface area contributed by atoms with E-state index in [0.29, 0.717) is 141 Å². The van der Waals surface area contributed by atoms with Crippen LogP contribution in [0.5, 0.6) is 0 Å². The highest BCUT2D eigenvalue weighted by atomic mass is 16.5. The van der Waals surface area contributed by atoms with Crippen LogP contribution in [-0.2, 0) is 48.1 Å². The van der Waals surface area contributed by atoms with Crippen molar-refractivity contribution in [3.8, 4) is 0 Å². The van der Waals surface area contributed by atoms with Crippen molar-refractivity contribution in [1.82, 2.24) is 5.32 Å². The van der Waals surface area contributed by atoms with Gasteiger partial charge in [-0.3, -0.25) is 0 Å². The van der Waals surface area contributed by atoms with Gasteiger partial charge in [0.25, 0.3) is 0 Å². The second kappa shape index (κ2) is 38.2. The number of methoxy groups -OCH3 is 1. The number of aliphatic hydroxyl groups excluding tert-OH is 4. The average Bonchev–Trinajstić information content (AvgIpc) is 3.46. The van der Waals surface area contributed by atoms with Gasteiger partial charge < -0.3 is 54.2 Å². The standard InChI is InChI=1S/C65H99N4O10/c1-7-55(59-16-12-9-13-17-59)44-61(43-53(4)58-20-29-68(30-21-58)47-63(71)26-35-77-40-41-79-50-65(73)45-66-54(5)49-78-37-36-74-6)60-22-31-69(32-23-60)48-64(72)25-34-76-39-38-75-33-24-62(70)46-67-27-18-57(19-28-67)52(3)42-51(2)56-14-10-8-11-15-56/h8-23,27-32,51-55,61-66,70-73H,7,24-26,33-50H2,1-6H3/q+3. The van der Waals surface area contributed by atoms with E-state index < -0.39 is 24.4 Å². The molecule has 14 heteroatoms. The lowest BCUT2D eigenvalue weighted by Gasteiger charge is -2.26. The van der Waals surface area contributed by atoms with E-state index in [1.165, 1.54) is 27.8 Å².